The molecular formula is C18H25F3N2O4. The van der Waals surface area contributed by atoms with Gasteiger partial charge < -0.3 is 10.1 Å². The van der Waals surface area contributed by atoms with Gasteiger partial charge in [-0.15, -0.1) is 0 Å². The van der Waals surface area contributed by atoms with E-state index in [1.807, 2.05) is 26.0 Å². The van der Waals surface area contributed by atoms with E-state index in [0.717, 1.165) is 4.90 Å². The molecule has 0 aromatic carbocycles. The Hall–Kier alpha value is -1.90. The smallest absolute Gasteiger partial charge is 0.370 e. The standard InChI is InChI=1S/C18H25F3N2O4/c1-11(2)9-14(15(24)22-7-8-27-10-18(19,20)21)23-16(25)12-5-3-4-6-13(12)17(23)26/h3-4,11-14H,5-10H2,1-2H3,(H,22,24). The number of allylic oxidation sites excluding steroid dienone is 2. The van der Waals surface area contributed by atoms with Gasteiger partial charge in [-0.1, -0.05) is 26.0 Å². The molecule has 0 spiro atoms. The summed E-state index contributed by atoms with van der Waals surface area (Å²) in [6.45, 7) is 1.90. The molecule has 27 heavy (non-hydrogen) atoms. The Labute approximate surface area is 156 Å². The van der Waals surface area contributed by atoms with E-state index < -0.39 is 36.6 Å². The number of likely N-dealkylation sites (tertiary alicyclic amines) is 1. The molecule has 6 nitrogen and oxygen atoms in total. The topological polar surface area (TPSA) is 75.7 Å². The Morgan fingerprint density at radius 2 is 1.78 bits per heavy atom. The van der Waals surface area contributed by atoms with Gasteiger partial charge in [-0.05, 0) is 25.2 Å². The number of hydrogen-bond donors (Lipinski definition) is 1. The molecule has 3 atom stereocenters. The molecule has 1 aliphatic carbocycles. The van der Waals surface area contributed by atoms with Gasteiger partial charge in [0.1, 0.15) is 12.6 Å². The molecule has 0 aromatic heterocycles. The van der Waals surface area contributed by atoms with Gasteiger partial charge in [0.2, 0.25) is 17.7 Å². The van der Waals surface area contributed by atoms with E-state index in [4.69, 9.17) is 0 Å². The Kier molecular flexibility index (Phi) is 7.02. The minimum Gasteiger partial charge on any atom is -0.370 e. The average Bonchev–Trinajstić information content (AvgIpc) is 2.83. The molecule has 0 bridgehead atoms. The number of alkyl halides is 3. The fourth-order valence-electron chi connectivity index (χ4n) is 3.46. The first-order chi connectivity index (χ1) is 12.6. The van der Waals surface area contributed by atoms with Crippen molar-refractivity contribution in [2.24, 2.45) is 17.8 Å². The second kappa shape index (κ2) is 8.86. The Bertz CT molecular complexity index is 578. The average molecular weight is 390 g/mol. The van der Waals surface area contributed by atoms with Crippen LogP contribution in [0.2, 0.25) is 0 Å². The number of fused-ring (bicyclic) bond motifs is 1. The normalized spacial score (nSPS) is 23.7. The van der Waals surface area contributed by atoms with E-state index in [9.17, 15) is 27.6 Å². The number of hydrogen-bond acceptors (Lipinski definition) is 4. The third-order valence-electron chi connectivity index (χ3n) is 4.66. The van der Waals surface area contributed by atoms with Crippen LogP contribution in [-0.4, -0.2) is 54.6 Å². The minimum atomic E-state index is -4.43. The molecular weight excluding hydrogens is 365 g/mol. The lowest BCUT2D eigenvalue weighted by Gasteiger charge is -2.27. The van der Waals surface area contributed by atoms with Crippen LogP contribution in [-0.2, 0) is 19.1 Å². The lowest BCUT2D eigenvalue weighted by atomic mass is 9.85. The van der Waals surface area contributed by atoms with Crippen molar-refractivity contribution in [3.8, 4) is 0 Å². The van der Waals surface area contributed by atoms with Gasteiger partial charge >= 0.3 is 6.18 Å². The maximum atomic E-state index is 12.7. The number of nitrogens with one attached hydrogen (secondary N) is 1. The molecule has 152 valence electrons. The van der Waals surface area contributed by atoms with Crippen LogP contribution in [0.1, 0.15) is 33.1 Å². The highest BCUT2D eigenvalue weighted by molar-refractivity contribution is 6.08. The number of ether oxygens (including phenoxy) is 1. The summed E-state index contributed by atoms with van der Waals surface area (Å²) in [7, 11) is 0. The summed E-state index contributed by atoms with van der Waals surface area (Å²) in [6, 6.07) is -0.960. The van der Waals surface area contributed by atoms with Gasteiger partial charge in [0, 0.05) is 6.54 Å². The van der Waals surface area contributed by atoms with Crippen molar-refractivity contribution in [3.63, 3.8) is 0 Å². The largest absolute Gasteiger partial charge is 0.411 e. The molecule has 1 N–H and O–H groups in total. The van der Waals surface area contributed by atoms with Gasteiger partial charge in [-0.25, -0.2) is 0 Å². The predicted octanol–water partition coefficient (Wildman–Crippen LogP) is 2.05. The summed E-state index contributed by atoms with van der Waals surface area (Å²) >= 11 is 0. The number of amides is 3. The SMILES string of the molecule is CC(C)CC(C(=O)NCCOCC(F)(F)F)N1C(=O)C2CC=CCC2C1=O. The summed E-state index contributed by atoms with van der Waals surface area (Å²) in [6.07, 6.45) is 0.555. The summed E-state index contributed by atoms with van der Waals surface area (Å²) in [5, 5.41) is 2.48. The lowest BCUT2D eigenvalue weighted by Crippen LogP contribution is -2.51. The fraction of sp³-hybridized carbons (Fsp3) is 0.722. The quantitative estimate of drug-likeness (QED) is 0.391. The number of carbonyl (C=O) groups excluding carboxylic acids is 3. The first-order valence-electron chi connectivity index (χ1n) is 9.06. The highest BCUT2D eigenvalue weighted by Gasteiger charge is 2.51. The molecule has 9 heteroatoms. The van der Waals surface area contributed by atoms with Crippen LogP contribution in [0.25, 0.3) is 0 Å². The van der Waals surface area contributed by atoms with Gasteiger partial charge in [0.05, 0.1) is 18.4 Å². The Balaban J connectivity index is 1.99. The molecule has 1 saturated heterocycles. The molecule has 2 aliphatic rings. The van der Waals surface area contributed by atoms with Crippen LogP contribution in [0.3, 0.4) is 0 Å². The molecule has 1 aliphatic heterocycles. The monoisotopic (exact) mass is 390 g/mol. The minimum absolute atomic E-state index is 0.0450. The third kappa shape index (κ3) is 5.54. The van der Waals surface area contributed by atoms with Crippen molar-refractivity contribution >= 4 is 17.7 Å². The maximum Gasteiger partial charge on any atom is 0.411 e. The Morgan fingerprint density at radius 1 is 1.22 bits per heavy atom. The van der Waals surface area contributed by atoms with Crippen LogP contribution >= 0.6 is 0 Å². The van der Waals surface area contributed by atoms with Crippen LogP contribution in [0, 0.1) is 17.8 Å². The Morgan fingerprint density at radius 3 is 2.26 bits per heavy atom. The molecule has 3 unspecified atom stereocenters. The zero-order valence-corrected chi connectivity index (χ0v) is 15.4. The van der Waals surface area contributed by atoms with Gasteiger partial charge in [0.25, 0.3) is 0 Å². The van der Waals surface area contributed by atoms with Crippen molar-refractivity contribution in [1.82, 2.24) is 10.2 Å². The van der Waals surface area contributed by atoms with E-state index in [0.29, 0.717) is 19.3 Å². The first kappa shape index (κ1) is 21.4. The molecule has 1 heterocycles. The molecule has 1 fully saturated rings. The van der Waals surface area contributed by atoms with Gasteiger partial charge in [-0.2, -0.15) is 13.2 Å². The van der Waals surface area contributed by atoms with Crippen LogP contribution in [0.15, 0.2) is 12.2 Å². The zero-order valence-electron chi connectivity index (χ0n) is 15.4. The molecule has 0 aromatic rings. The molecule has 2 rings (SSSR count). The van der Waals surface area contributed by atoms with Gasteiger partial charge in [0.15, 0.2) is 0 Å². The highest BCUT2D eigenvalue weighted by atomic mass is 19.4. The third-order valence-corrected chi connectivity index (χ3v) is 4.66. The number of halogens is 3. The number of nitrogens with zero attached hydrogens (tertiary/aromatic N) is 1. The number of imide groups is 1. The summed E-state index contributed by atoms with van der Waals surface area (Å²) < 4.78 is 40.6. The van der Waals surface area contributed by atoms with Gasteiger partial charge in [-0.3, -0.25) is 19.3 Å². The predicted molar refractivity (Wildman–Crippen MR) is 90.3 cm³/mol. The fourth-order valence-corrected chi connectivity index (χ4v) is 3.46. The van der Waals surface area contributed by atoms with E-state index >= 15 is 0 Å². The van der Waals surface area contributed by atoms with Crippen LogP contribution < -0.4 is 5.32 Å². The zero-order chi connectivity index (χ0) is 20.2. The first-order valence-corrected chi connectivity index (χ1v) is 9.06. The summed E-state index contributed by atoms with van der Waals surface area (Å²) in [4.78, 5) is 39.0. The van der Waals surface area contributed by atoms with Crippen molar-refractivity contribution in [2.45, 2.75) is 45.3 Å². The summed E-state index contributed by atoms with van der Waals surface area (Å²) in [5.41, 5.74) is 0. The van der Waals surface area contributed by atoms with Crippen LogP contribution in [0.5, 0.6) is 0 Å². The molecule has 0 radical (unpaired) electrons. The second-order valence-corrected chi connectivity index (χ2v) is 7.31. The maximum absolute atomic E-state index is 12.7. The highest BCUT2D eigenvalue weighted by Crippen LogP contribution is 2.37. The van der Waals surface area contributed by atoms with E-state index in [-0.39, 0.29) is 30.9 Å². The van der Waals surface area contributed by atoms with E-state index in [2.05, 4.69) is 10.1 Å². The number of carbonyl (C=O) groups is 3. The van der Waals surface area contributed by atoms with Crippen molar-refractivity contribution < 1.29 is 32.3 Å². The molecule has 0 saturated carbocycles. The van der Waals surface area contributed by atoms with E-state index in [1.165, 1.54) is 0 Å². The van der Waals surface area contributed by atoms with Crippen molar-refractivity contribution in [1.29, 1.82) is 0 Å². The molecule has 3 amide bonds. The second-order valence-electron chi connectivity index (χ2n) is 7.31. The number of rotatable bonds is 8. The lowest BCUT2D eigenvalue weighted by molar-refractivity contribution is -0.173. The van der Waals surface area contributed by atoms with Crippen molar-refractivity contribution in [2.75, 3.05) is 19.8 Å². The van der Waals surface area contributed by atoms with E-state index in [1.54, 1.807) is 0 Å². The van der Waals surface area contributed by atoms with Crippen LogP contribution in [0.4, 0.5) is 13.2 Å². The van der Waals surface area contributed by atoms with Crippen molar-refractivity contribution in [3.05, 3.63) is 12.2 Å². The summed E-state index contributed by atoms with van der Waals surface area (Å²) in [5.74, 6) is -2.05.